The molecule has 0 aliphatic carbocycles. The summed E-state index contributed by atoms with van der Waals surface area (Å²) in [5.41, 5.74) is -1.79. The van der Waals surface area contributed by atoms with Crippen molar-refractivity contribution < 1.29 is 23.9 Å². The molecule has 0 rings (SSSR count). The van der Waals surface area contributed by atoms with E-state index in [2.05, 4.69) is 10.1 Å². The Balaban J connectivity index is 3.70. The molecular weight excluding hydrogens is 238 g/mol. The van der Waals surface area contributed by atoms with Crippen LogP contribution in [0.2, 0.25) is 0 Å². The minimum Gasteiger partial charge on any atom is -0.444 e. The zero-order chi connectivity index (χ0) is 12.8. The van der Waals surface area contributed by atoms with Gasteiger partial charge >= 0.3 is 17.5 Å². The van der Waals surface area contributed by atoms with Crippen molar-refractivity contribution >= 4 is 29.1 Å². The Labute approximate surface area is 98.2 Å². The van der Waals surface area contributed by atoms with Crippen molar-refractivity contribution in [2.45, 2.75) is 32.8 Å². The lowest BCUT2D eigenvalue weighted by molar-refractivity contribution is -0.136. The molecule has 0 fully saturated rings. The van der Waals surface area contributed by atoms with Gasteiger partial charge < -0.3 is 14.8 Å². The quantitative estimate of drug-likeness (QED) is 0.470. The van der Waals surface area contributed by atoms with Crippen LogP contribution in [-0.2, 0) is 14.3 Å². The highest BCUT2D eigenvalue weighted by atomic mass is 35.5. The number of hydrogen-bond acceptors (Lipinski definition) is 5. The molecule has 0 saturated heterocycles. The van der Waals surface area contributed by atoms with Crippen LogP contribution in [0.5, 0.6) is 0 Å². The Morgan fingerprint density at radius 2 is 1.81 bits per heavy atom. The van der Waals surface area contributed by atoms with E-state index in [1.54, 1.807) is 20.8 Å². The van der Waals surface area contributed by atoms with E-state index in [9.17, 15) is 14.4 Å². The average Bonchev–Trinajstić information content (AvgIpc) is 1.98. The Morgan fingerprint density at radius 1 is 1.25 bits per heavy atom. The fourth-order valence-electron chi connectivity index (χ4n) is 0.721. The van der Waals surface area contributed by atoms with Gasteiger partial charge in [-0.25, -0.2) is 9.59 Å². The van der Waals surface area contributed by atoms with E-state index in [1.807, 2.05) is 0 Å². The molecule has 0 spiro atoms. The van der Waals surface area contributed by atoms with E-state index in [0.717, 1.165) is 0 Å². The summed E-state index contributed by atoms with van der Waals surface area (Å²) < 4.78 is 8.93. The van der Waals surface area contributed by atoms with Gasteiger partial charge in [-0.1, -0.05) is 0 Å². The smallest absolute Gasteiger partial charge is 0.411 e. The largest absolute Gasteiger partial charge is 0.444 e. The summed E-state index contributed by atoms with van der Waals surface area (Å²) >= 11 is 4.81. The molecular formula is C9H14ClNO5. The van der Waals surface area contributed by atoms with Crippen molar-refractivity contribution in [2.75, 3.05) is 6.54 Å². The summed E-state index contributed by atoms with van der Waals surface area (Å²) in [6.45, 7) is 5.16. The molecule has 1 amide bonds. The van der Waals surface area contributed by atoms with Crippen molar-refractivity contribution in [2.24, 2.45) is 0 Å². The van der Waals surface area contributed by atoms with E-state index < -0.39 is 23.1 Å². The number of alkyl carbamates (subject to hydrolysis) is 1. The van der Waals surface area contributed by atoms with Crippen molar-refractivity contribution in [3.8, 4) is 0 Å². The molecule has 0 aliphatic rings. The highest BCUT2D eigenvalue weighted by Gasteiger charge is 2.16. The van der Waals surface area contributed by atoms with Gasteiger partial charge in [0.1, 0.15) is 5.60 Å². The number of carbonyl (C=O) groups excluding carboxylic acids is 3. The summed E-state index contributed by atoms with van der Waals surface area (Å²) in [6, 6.07) is 0. The summed E-state index contributed by atoms with van der Waals surface area (Å²) in [4.78, 5) is 32.0. The monoisotopic (exact) mass is 251 g/mol. The number of ether oxygens (including phenoxy) is 2. The Kier molecular flexibility index (Phi) is 5.81. The summed E-state index contributed by atoms with van der Waals surface area (Å²) in [5.74, 6) is -0.809. The van der Waals surface area contributed by atoms with Gasteiger partial charge in [-0.15, -0.1) is 0 Å². The molecule has 0 atom stereocenters. The number of rotatable bonds is 3. The lowest BCUT2D eigenvalue weighted by Gasteiger charge is -2.19. The third kappa shape index (κ3) is 9.26. The van der Waals surface area contributed by atoms with Crippen LogP contribution in [0, 0.1) is 0 Å². The second kappa shape index (κ2) is 6.32. The van der Waals surface area contributed by atoms with E-state index in [4.69, 9.17) is 16.3 Å². The first kappa shape index (κ1) is 14.7. The number of esters is 1. The van der Waals surface area contributed by atoms with Crippen LogP contribution < -0.4 is 5.32 Å². The molecule has 0 aromatic rings. The Bertz CT molecular complexity index is 284. The molecule has 0 unspecified atom stereocenters. The van der Waals surface area contributed by atoms with E-state index in [-0.39, 0.29) is 13.0 Å². The SMILES string of the molecule is CC(C)(C)OC(=O)NCCC(=O)OC(=O)Cl. The summed E-state index contributed by atoms with van der Waals surface area (Å²) in [7, 11) is 0. The predicted octanol–water partition coefficient (Wildman–Crippen LogP) is 1.80. The highest BCUT2D eigenvalue weighted by molar-refractivity contribution is 6.61. The number of nitrogens with one attached hydrogen (secondary N) is 1. The van der Waals surface area contributed by atoms with Crippen LogP contribution in [-0.4, -0.2) is 29.6 Å². The maximum Gasteiger partial charge on any atom is 0.411 e. The van der Waals surface area contributed by atoms with E-state index in [0.29, 0.717) is 0 Å². The van der Waals surface area contributed by atoms with Crippen molar-refractivity contribution in [1.29, 1.82) is 0 Å². The number of carbonyl (C=O) groups is 3. The number of hydrogen-bond donors (Lipinski definition) is 1. The summed E-state index contributed by atoms with van der Waals surface area (Å²) in [6.07, 6.45) is -0.796. The van der Waals surface area contributed by atoms with Gasteiger partial charge in [0.25, 0.3) is 0 Å². The lowest BCUT2D eigenvalue weighted by atomic mass is 10.2. The molecule has 0 radical (unpaired) electrons. The average molecular weight is 252 g/mol. The second-order valence-electron chi connectivity index (χ2n) is 3.89. The molecule has 0 aliphatic heterocycles. The Hall–Kier alpha value is -1.30. The van der Waals surface area contributed by atoms with Crippen LogP contribution >= 0.6 is 11.6 Å². The fraction of sp³-hybridized carbons (Fsp3) is 0.667. The zero-order valence-corrected chi connectivity index (χ0v) is 10.1. The van der Waals surface area contributed by atoms with E-state index in [1.165, 1.54) is 0 Å². The number of halogens is 1. The maximum absolute atomic E-state index is 11.1. The zero-order valence-electron chi connectivity index (χ0n) is 9.33. The minimum absolute atomic E-state index is 0.0118. The maximum atomic E-state index is 11.1. The van der Waals surface area contributed by atoms with Crippen LogP contribution in [0.15, 0.2) is 0 Å². The van der Waals surface area contributed by atoms with Gasteiger partial charge in [-0.2, -0.15) is 0 Å². The second-order valence-corrected chi connectivity index (χ2v) is 4.20. The van der Waals surface area contributed by atoms with Crippen molar-refractivity contribution in [1.82, 2.24) is 5.32 Å². The highest BCUT2D eigenvalue weighted by Crippen LogP contribution is 2.06. The third-order valence-corrected chi connectivity index (χ3v) is 1.27. The molecule has 92 valence electrons. The molecule has 0 heterocycles. The predicted molar refractivity (Wildman–Crippen MR) is 56.2 cm³/mol. The lowest BCUT2D eigenvalue weighted by Crippen LogP contribution is -2.33. The normalized spacial score (nSPS) is 10.5. The van der Waals surface area contributed by atoms with Gasteiger partial charge in [0, 0.05) is 18.1 Å². The molecule has 1 N–H and O–H groups in total. The van der Waals surface area contributed by atoms with Gasteiger partial charge in [0.2, 0.25) is 0 Å². The minimum atomic E-state index is -1.19. The molecule has 0 saturated carbocycles. The number of amides is 1. The van der Waals surface area contributed by atoms with Crippen LogP contribution in [0.4, 0.5) is 9.59 Å². The van der Waals surface area contributed by atoms with Gasteiger partial charge in [-0.3, -0.25) is 4.79 Å². The standard InChI is InChI=1S/C9H14ClNO5/c1-9(2,3)16-8(14)11-5-4-6(12)15-7(10)13/h4-5H2,1-3H3,(H,11,14). The van der Waals surface area contributed by atoms with Gasteiger partial charge in [0.15, 0.2) is 0 Å². The Morgan fingerprint density at radius 3 is 2.25 bits per heavy atom. The molecule has 6 nitrogen and oxygen atoms in total. The van der Waals surface area contributed by atoms with Crippen LogP contribution in [0.3, 0.4) is 0 Å². The van der Waals surface area contributed by atoms with Crippen LogP contribution in [0.1, 0.15) is 27.2 Å². The topological polar surface area (TPSA) is 81.7 Å². The van der Waals surface area contributed by atoms with Crippen molar-refractivity contribution in [3.05, 3.63) is 0 Å². The first-order valence-corrected chi connectivity index (χ1v) is 4.95. The molecule has 0 aromatic heterocycles. The third-order valence-electron chi connectivity index (χ3n) is 1.19. The molecule has 0 bridgehead atoms. The molecule has 16 heavy (non-hydrogen) atoms. The molecule has 7 heteroatoms. The summed E-state index contributed by atoms with van der Waals surface area (Å²) in [5, 5.41) is 2.33. The van der Waals surface area contributed by atoms with Gasteiger partial charge in [-0.05, 0) is 20.8 Å². The van der Waals surface area contributed by atoms with Crippen LogP contribution in [0.25, 0.3) is 0 Å². The molecule has 0 aromatic carbocycles. The first-order valence-electron chi connectivity index (χ1n) is 4.57. The van der Waals surface area contributed by atoms with Crippen molar-refractivity contribution in [3.63, 3.8) is 0 Å². The van der Waals surface area contributed by atoms with E-state index >= 15 is 0 Å². The fourth-order valence-corrected chi connectivity index (χ4v) is 0.807. The first-order chi connectivity index (χ1) is 7.20. The van der Waals surface area contributed by atoms with Gasteiger partial charge in [0.05, 0.1) is 6.42 Å².